The molecule has 19 heavy (non-hydrogen) atoms. The number of hydrogen-bond acceptors (Lipinski definition) is 4. The fourth-order valence-corrected chi connectivity index (χ4v) is 1.52. The smallest absolute Gasteiger partial charge is 0.328 e. The highest BCUT2D eigenvalue weighted by atomic mass is 16.5. The molecule has 0 unspecified atom stereocenters. The Labute approximate surface area is 112 Å². The molecule has 5 nitrogen and oxygen atoms in total. The van der Waals surface area contributed by atoms with E-state index in [0.717, 1.165) is 6.08 Å². The van der Waals surface area contributed by atoms with E-state index < -0.39 is 5.97 Å². The number of carboxylic acids is 1. The van der Waals surface area contributed by atoms with E-state index in [0.29, 0.717) is 22.8 Å². The van der Waals surface area contributed by atoms with Crippen molar-refractivity contribution in [2.24, 2.45) is 0 Å². The molecule has 0 amide bonds. The van der Waals surface area contributed by atoms with E-state index in [9.17, 15) is 4.79 Å². The summed E-state index contributed by atoms with van der Waals surface area (Å²) in [7, 11) is 3.04. The van der Waals surface area contributed by atoms with Crippen molar-refractivity contribution in [2.75, 3.05) is 14.2 Å². The van der Waals surface area contributed by atoms with Crippen LogP contribution in [-0.4, -0.2) is 31.4 Å². The van der Waals surface area contributed by atoms with Crippen molar-refractivity contribution in [3.63, 3.8) is 0 Å². The van der Waals surface area contributed by atoms with Crippen molar-refractivity contribution in [1.82, 2.24) is 0 Å². The number of aliphatic carboxylic acids is 1. The van der Waals surface area contributed by atoms with Gasteiger partial charge in [-0.05, 0) is 37.6 Å². The average molecular weight is 266 g/mol. The lowest BCUT2D eigenvalue weighted by molar-refractivity contribution is -0.131. The fraction of sp³-hybridized carbons (Fsp3) is 0.357. The Balaban J connectivity index is 3.23. The molecule has 0 saturated heterocycles. The van der Waals surface area contributed by atoms with Gasteiger partial charge in [-0.3, -0.25) is 0 Å². The average Bonchev–Trinajstić information content (AvgIpc) is 2.36. The lowest BCUT2D eigenvalue weighted by Crippen LogP contribution is -2.08. The predicted octanol–water partition coefficient (Wildman–Crippen LogP) is 2.59. The minimum atomic E-state index is -1.01. The quantitative estimate of drug-likeness (QED) is 0.802. The normalized spacial score (nSPS) is 10.8. The maximum atomic E-state index is 10.5. The lowest BCUT2D eigenvalue weighted by Gasteiger charge is -2.17. The van der Waals surface area contributed by atoms with Gasteiger partial charge in [-0.2, -0.15) is 0 Å². The molecule has 5 heteroatoms. The Hall–Kier alpha value is -2.17. The molecule has 1 aromatic rings. The van der Waals surface area contributed by atoms with E-state index in [1.165, 1.54) is 20.3 Å². The summed E-state index contributed by atoms with van der Waals surface area (Å²) in [4.78, 5) is 10.5. The standard InChI is InChI=1S/C14H18O5/c1-9(2)19-14-11(17-3)7-10(5-6-13(15)16)8-12(14)18-4/h5-9H,1-4H3,(H,15,16). The van der Waals surface area contributed by atoms with E-state index >= 15 is 0 Å². The van der Waals surface area contributed by atoms with E-state index in [4.69, 9.17) is 19.3 Å². The van der Waals surface area contributed by atoms with Gasteiger partial charge < -0.3 is 19.3 Å². The van der Waals surface area contributed by atoms with Crippen molar-refractivity contribution >= 4 is 12.0 Å². The zero-order valence-electron chi connectivity index (χ0n) is 11.5. The van der Waals surface area contributed by atoms with Gasteiger partial charge in [0, 0.05) is 6.08 Å². The second-order valence-corrected chi connectivity index (χ2v) is 4.09. The molecule has 0 spiro atoms. The van der Waals surface area contributed by atoms with Crippen LogP contribution in [0.15, 0.2) is 18.2 Å². The van der Waals surface area contributed by atoms with Crippen LogP contribution in [0.25, 0.3) is 6.08 Å². The first kappa shape index (κ1) is 14.9. The third-order valence-electron chi connectivity index (χ3n) is 2.25. The van der Waals surface area contributed by atoms with Crippen molar-refractivity contribution in [2.45, 2.75) is 20.0 Å². The summed E-state index contributed by atoms with van der Waals surface area (Å²) in [6.45, 7) is 3.80. The fourth-order valence-electron chi connectivity index (χ4n) is 1.52. The van der Waals surface area contributed by atoms with Crippen molar-refractivity contribution in [1.29, 1.82) is 0 Å². The van der Waals surface area contributed by atoms with Crippen LogP contribution in [0.1, 0.15) is 19.4 Å². The number of ether oxygens (including phenoxy) is 3. The predicted molar refractivity (Wildman–Crippen MR) is 72.0 cm³/mol. The summed E-state index contributed by atoms with van der Waals surface area (Å²) in [6, 6.07) is 3.39. The molecule has 0 atom stereocenters. The molecule has 0 bridgehead atoms. The lowest BCUT2D eigenvalue weighted by atomic mass is 10.1. The minimum Gasteiger partial charge on any atom is -0.493 e. The number of rotatable bonds is 6. The Morgan fingerprint density at radius 1 is 1.21 bits per heavy atom. The molecule has 1 N–H and O–H groups in total. The molecule has 0 fully saturated rings. The highest BCUT2D eigenvalue weighted by Crippen LogP contribution is 2.39. The first-order chi connectivity index (χ1) is 8.97. The second-order valence-electron chi connectivity index (χ2n) is 4.09. The van der Waals surface area contributed by atoms with E-state index in [1.807, 2.05) is 13.8 Å². The monoisotopic (exact) mass is 266 g/mol. The summed E-state index contributed by atoms with van der Waals surface area (Å²) in [5.74, 6) is 0.490. The zero-order chi connectivity index (χ0) is 14.4. The summed E-state index contributed by atoms with van der Waals surface area (Å²) in [5.41, 5.74) is 0.659. The summed E-state index contributed by atoms with van der Waals surface area (Å²) < 4.78 is 16.1. The molecule has 0 aliphatic rings. The van der Waals surface area contributed by atoms with Gasteiger partial charge in [-0.1, -0.05) is 0 Å². The van der Waals surface area contributed by atoms with Gasteiger partial charge >= 0.3 is 5.97 Å². The summed E-state index contributed by atoms with van der Waals surface area (Å²) in [6.07, 6.45) is 2.49. The first-order valence-electron chi connectivity index (χ1n) is 5.81. The highest BCUT2D eigenvalue weighted by molar-refractivity contribution is 5.85. The van der Waals surface area contributed by atoms with Gasteiger partial charge in [-0.15, -0.1) is 0 Å². The minimum absolute atomic E-state index is 0.0248. The van der Waals surface area contributed by atoms with Crippen LogP contribution >= 0.6 is 0 Å². The first-order valence-corrected chi connectivity index (χ1v) is 5.81. The van der Waals surface area contributed by atoms with Crippen LogP contribution < -0.4 is 14.2 Å². The SMILES string of the molecule is COc1cc(C=CC(=O)O)cc(OC)c1OC(C)C. The van der Waals surface area contributed by atoms with Gasteiger partial charge in [-0.25, -0.2) is 4.79 Å². The molecule has 104 valence electrons. The summed E-state index contributed by atoms with van der Waals surface area (Å²) >= 11 is 0. The molecule has 0 aliphatic heterocycles. The second kappa shape index (κ2) is 6.68. The largest absolute Gasteiger partial charge is 0.493 e. The number of methoxy groups -OCH3 is 2. The molecular formula is C14H18O5. The van der Waals surface area contributed by atoms with Gasteiger partial charge in [0.15, 0.2) is 11.5 Å². The molecule has 0 aromatic heterocycles. The highest BCUT2D eigenvalue weighted by Gasteiger charge is 2.14. The van der Waals surface area contributed by atoms with Gasteiger partial charge in [0.2, 0.25) is 5.75 Å². The third-order valence-corrected chi connectivity index (χ3v) is 2.25. The number of carbonyl (C=O) groups is 1. The Morgan fingerprint density at radius 3 is 2.11 bits per heavy atom. The van der Waals surface area contributed by atoms with E-state index in [2.05, 4.69) is 0 Å². The van der Waals surface area contributed by atoms with Crippen LogP contribution in [0.4, 0.5) is 0 Å². The number of carboxylic acid groups (broad SMARTS) is 1. The van der Waals surface area contributed by atoms with Crippen molar-refractivity contribution < 1.29 is 24.1 Å². The number of hydrogen-bond donors (Lipinski definition) is 1. The molecule has 0 aliphatic carbocycles. The van der Waals surface area contributed by atoms with Crippen LogP contribution in [0, 0.1) is 0 Å². The maximum Gasteiger partial charge on any atom is 0.328 e. The molecule has 0 heterocycles. The molecular weight excluding hydrogens is 248 g/mol. The van der Waals surface area contributed by atoms with Crippen molar-refractivity contribution in [3.05, 3.63) is 23.8 Å². The molecule has 1 rings (SSSR count). The number of benzene rings is 1. The van der Waals surface area contributed by atoms with Crippen molar-refractivity contribution in [3.8, 4) is 17.2 Å². The maximum absolute atomic E-state index is 10.5. The topological polar surface area (TPSA) is 65.0 Å². The zero-order valence-corrected chi connectivity index (χ0v) is 11.5. The van der Waals surface area contributed by atoms with Gasteiger partial charge in [0.05, 0.1) is 20.3 Å². The van der Waals surface area contributed by atoms with Crippen LogP contribution in [0.3, 0.4) is 0 Å². The Bertz CT molecular complexity index is 452. The van der Waals surface area contributed by atoms with Crippen LogP contribution in [0.2, 0.25) is 0 Å². The Morgan fingerprint density at radius 2 is 1.74 bits per heavy atom. The van der Waals surface area contributed by atoms with Gasteiger partial charge in [0.1, 0.15) is 0 Å². The van der Waals surface area contributed by atoms with Crippen LogP contribution in [-0.2, 0) is 4.79 Å². The van der Waals surface area contributed by atoms with E-state index in [-0.39, 0.29) is 6.10 Å². The summed E-state index contributed by atoms with van der Waals surface area (Å²) in [5, 5.41) is 8.63. The molecule has 0 radical (unpaired) electrons. The Kier molecular flexibility index (Phi) is 5.23. The molecule has 0 saturated carbocycles. The third kappa shape index (κ3) is 4.21. The van der Waals surface area contributed by atoms with Gasteiger partial charge in [0.25, 0.3) is 0 Å². The van der Waals surface area contributed by atoms with E-state index in [1.54, 1.807) is 12.1 Å². The molecule has 1 aromatic carbocycles. The van der Waals surface area contributed by atoms with Crippen LogP contribution in [0.5, 0.6) is 17.2 Å².